The van der Waals surface area contributed by atoms with Crippen molar-refractivity contribution in [3.63, 3.8) is 0 Å². The van der Waals surface area contributed by atoms with Gasteiger partial charge in [0, 0.05) is 70.2 Å². The Labute approximate surface area is 204 Å². The van der Waals surface area contributed by atoms with Gasteiger partial charge in [0.15, 0.2) is 5.96 Å². The normalized spacial score (nSPS) is 17.7. The molecule has 2 heterocycles. The second kappa shape index (κ2) is 14.4. The van der Waals surface area contributed by atoms with E-state index in [-0.39, 0.29) is 24.0 Å². The number of piperazine rings is 1. The van der Waals surface area contributed by atoms with Gasteiger partial charge in [0.2, 0.25) is 0 Å². The third-order valence-electron chi connectivity index (χ3n) is 5.50. The zero-order valence-corrected chi connectivity index (χ0v) is 21.2. The Hall–Kier alpha value is -1.71. The number of hydrogen-bond acceptors (Lipinski definition) is 4. The third-order valence-corrected chi connectivity index (χ3v) is 5.50. The van der Waals surface area contributed by atoms with Crippen LogP contribution < -0.4 is 10.6 Å². The largest absolute Gasteiger partial charge is 0.357 e. The van der Waals surface area contributed by atoms with Crippen LogP contribution in [0.2, 0.25) is 0 Å². The smallest absolute Gasteiger partial charge is 0.191 e. The van der Waals surface area contributed by atoms with Gasteiger partial charge in [-0.25, -0.2) is 0 Å². The number of halogens is 1. The summed E-state index contributed by atoms with van der Waals surface area (Å²) in [5.74, 6) is 0.895. The van der Waals surface area contributed by atoms with Crippen LogP contribution in [0.15, 0.2) is 59.7 Å². The van der Waals surface area contributed by atoms with E-state index in [1.807, 2.05) is 18.3 Å². The molecule has 0 amide bonds. The van der Waals surface area contributed by atoms with Crippen molar-refractivity contribution in [3.05, 3.63) is 66.0 Å². The summed E-state index contributed by atoms with van der Waals surface area (Å²) in [5.41, 5.74) is 2.51. The van der Waals surface area contributed by atoms with Crippen LogP contribution in [0.5, 0.6) is 0 Å². The van der Waals surface area contributed by atoms with Gasteiger partial charge in [0.1, 0.15) is 0 Å². The van der Waals surface area contributed by atoms with Crippen molar-refractivity contribution in [1.82, 2.24) is 25.4 Å². The van der Waals surface area contributed by atoms with E-state index in [0.717, 1.165) is 70.3 Å². The summed E-state index contributed by atoms with van der Waals surface area (Å²) in [5, 5.41) is 6.77. The van der Waals surface area contributed by atoms with E-state index in [4.69, 9.17) is 4.99 Å². The molecule has 170 valence electrons. The molecule has 31 heavy (non-hydrogen) atoms. The summed E-state index contributed by atoms with van der Waals surface area (Å²) < 4.78 is 0. The molecule has 1 fully saturated rings. The molecule has 1 aromatic heterocycles. The van der Waals surface area contributed by atoms with Crippen LogP contribution in [0, 0.1) is 0 Å². The highest BCUT2D eigenvalue weighted by Crippen LogP contribution is 2.24. The van der Waals surface area contributed by atoms with E-state index < -0.39 is 0 Å². The molecule has 1 aliphatic rings. The molecule has 1 saturated heterocycles. The molecule has 2 N–H and O–H groups in total. The van der Waals surface area contributed by atoms with Gasteiger partial charge in [-0.15, -0.1) is 24.0 Å². The summed E-state index contributed by atoms with van der Waals surface area (Å²) in [6.07, 6.45) is 3.80. The Morgan fingerprint density at radius 3 is 2.65 bits per heavy atom. The van der Waals surface area contributed by atoms with Crippen molar-refractivity contribution in [2.24, 2.45) is 4.99 Å². The molecule has 0 bridgehead atoms. The summed E-state index contributed by atoms with van der Waals surface area (Å²) in [7, 11) is 2.22. The van der Waals surface area contributed by atoms with E-state index in [0.29, 0.717) is 6.04 Å². The van der Waals surface area contributed by atoms with Crippen molar-refractivity contribution in [2.75, 3.05) is 52.9 Å². The minimum atomic E-state index is 0. The van der Waals surface area contributed by atoms with Crippen LogP contribution in [0.4, 0.5) is 0 Å². The fourth-order valence-corrected chi connectivity index (χ4v) is 3.88. The maximum Gasteiger partial charge on any atom is 0.191 e. The van der Waals surface area contributed by atoms with Crippen LogP contribution in [0.25, 0.3) is 0 Å². The molecule has 3 rings (SSSR count). The lowest BCUT2D eigenvalue weighted by Gasteiger charge is -2.40. The molecule has 1 aliphatic heterocycles. The van der Waals surface area contributed by atoms with Crippen molar-refractivity contribution in [2.45, 2.75) is 25.8 Å². The van der Waals surface area contributed by atoms with Gasteiger partial charge in [0.05, 0.1) is 0 Å². The summed E-state index contributed by atoms with van der Waals surface area (Å²) in [4.78, 5) is 14.2. The highest BCUT2D eigenvalue weighted by Gasteiger charge is 2.25. The van der Waals surface area contributed by atoms with Gasteiger partial charge >= 0.3 is 0 Å². The number of aromatic nitrogens is 1. The number of hydrogen-bond donors (Lipinski definition) is 2. The topological polar surface area (TPSA) is 55.8 Å². The molecule has 0 aliphatic carbocycles. The van der Waals surface area contributed by atoms with Crippen molar-refractivity contribution < 1.29 is 0 Å². The fourth-order valence-electron chi connectivity index (χ4n) is 3.88. The Balaban J connectivity index is 0.00000341. The second-order valence-corrected chi connectivity index (χ2v) is 7.84. The van der Waals surface area contributed by atoms with Crippen molar-refractivity contribution in [3.8, 4) is 0 Å². The first kappa shape index (κ1) is 25.5. The number of nitrogens with zero attached hydrogens (tertiary/aromatic N) is 4. The Morgan fingerprint density at radius 1 is 1.10 bits per heavy atom. The minimum absolute atomic E-state index is 0. The predicted octanol–water partition coefficient (Wildman–Crippen LogP) is 3.18. The number of nitrogens with one attached hydrogen (secondary N) is 2. The second-order valence-electron chi connectivity index (χ2n) is 7.84. The van der Waals surface area contributed by atoms with Gasteiger partial charge in [-0.05, 0) is 38.1 Å². The SMILES string of the molecule is CCNC(=NCCCN1CCN(C)CC1c1ccccc1)NCCc1ccccn1.I. The van der Waals surface area contributed by atoms with Gasteiger partial charge in [-0.1, -0.05) is 36.4 Å². The molecular formula is C24H37IN6. The highest BCUT2D eigenvalue weighted by atomic mass is 127. The molecule has 0 radical (unpaired) electrons. The van der Waals surface area contributed by atoms with Crippen LogP contribution in [0.1, 0.15) is 30.6 Å². The van der Waals surface area contributed by atoms with E-state index in [1.54, 1.807) is 0 Å². The lowest BCUT2D eigenvalue weighted by molar-refractivity contribution is 0.0894. The monoisotopic (exact) mass is 536 g/mol. The Morgan fingerprint density at radius 2 is 1.90 bits per heavy atom. The molecule has 0 spiro atoms. The zero-order valence-electron chi connectivity index (χ0n) is 18.8. The van der Waals surface area contributed by atoms with Crippen LogP contribution in [0.3, 0.4) is 0 Å². The molecule has 0 saturated carbocycles. The van der Waals surface area contributed by atoms with Gasteiger partial charge in [0.25, 0.3) is 0 Å². The maximum absolute atomic E-state index is 4.78. The average molecular weight is 537 g/mol. The van der Waals surface area contributed by atoms with Crippen molar-refractivity contribution in [1.29, 1.82) is 0 Å². The predicted molar refractivity (Wildman–Crippen MR) is 140 cm³/mol. The number of benzene rings is 1. The van der Waals surface area contributed by atoms with E-state index in [1.165, 1.54) is 5.56 Å². The number of likely N-dealkylation sites (N-methyl/N-ethyl adjacent to an activating group) is 1. The summed E-state index contributed by atoms with van der Waals surface area (Å²) in [6, 6.07) is 17.4. The van der Waals surface area contributed by atoms with Crippen LogP contribution in [-0.4, -0.2) is 73.6 Å². The van der Waals surface area contributed by atoms with E-state index in [9.17, 15) is 0 Å². The maximum atomic E-state index is 4.78. The fraction of sp³-hybridized carbons (Fsp3) is 0.500. The van der Waals surface area contributed by atoms with Crippen LogP contribution >= 0.6 is 24.0 Å². The van der Waals surface area contributed by atoms with Crippen molar-refractivity contribution >= 4 is 29.9 Å². The van der Waals surface area contributed by atoms with E-state index in [2.05, 4.69) is 75.8 Å². The Bertz CT molecular complexity index is 755. The highest BCUT2D eigenvalue weighted by molar-refractivity contribution is 14.0. The average Bonchev–Trinajstić information content (AvgIpc) is 2.78. The first-order chi connectivity index (χ1) is 14.8. The molecular weight excluding hydrogens is 499 g/mol. The third kappa shape index (κ3) is 8.74. The quantitative estimate of drug-likeness (QED) is 0.223. The van der Waals surface area contributed by atoms with Gasteiger partial charge in [-0.2, -0.15) is 0 Å². The summed E-state index contributed by atoms with van der Waals surface area (Å²) in [6.45, 7) is 9.03. The zero-order chi connectivity index (χ0) is 21.0. The number of rotatable bonds is 9. The lowest BCUT2D eigenvalue weighted by Crippen LogP contribution is -2.47. The number of aliphatic imine (C=N–C) groups is 1. The Kier molecular flexibility index (Phi) is 11.8. The lowest BCUT2D eigenvalue weighted by atomic mass is 10.0. The number of pyridine rings is 1. The van der Waals surface area contributed by atoms with Gasteiger partial charge < -0.3 is 15.5 Å². The molecule has 2 aromatic rings. The number of guanidine groups is 1. The standard InChI is InChI=1S/C24H36N6.HI/c1-3-25-24(28-16-13-22-12-7-8-14-26-22)27-15-9-17-30-19-18-29(2)20-23(30)21-10-5-4-6-11-21;/h4-8,10-12,14,23H,3,9,13,15-20H2,1-2H3,(H2,25,27,28);1H. The molecule has 1 unspecified atom stereocenters. The first-order valence-corrected chi connectivity index (χ1v) is 11.2. The first-order valence-electron chi connectivity index (χ1n) is 11.2. The van der Waals surface area contributed by atoms with Gasteiger partial charge in [-0.3, -0.25) is 14.9 Å². The molecule has 1 atom stereocenters. The summed E-state index contributed by atoms with van der Waals surface area (Å²) >= 11 is 0. The van der Waals surface area contributed by atoms with E-state index >= 15 is 0 Å². The van der Waals surface area contributed by atoms with Crippen LogP contribution in [-0.2, 0) is 6.42 Å². The molecule has 1 aromatic carbocycles. The minimum Gasteiger partial charge on any atom is -0.357 e. The molecule has 7 heteroatoms. The molecule has 6 nitrogen and oxygen atoms in total.